The highest BCUT2D eigenvalue weighted by atomic mass is 16.5. The van der Waals surface area contributed by atoms with Crippen LogP contribution in [0.2, 0.25) is 0 Å². The average Bonchev–Trinajstić information content (AvgIpc) is 3.30. The Labute approximate surface area is 184 Å². The zero-order valence-electron chi connectivity index (χ0n) is 17.2. The molecule has 1 unspecified atom stereocenters. The van der Waals surface area contributed by atoms with E-state index in [9.17, 15) is 4.79 Å². The van der Waals surface area contributed by atoms with E-state index in [1.807, 2.05) is 54.6 Å². The van der Waals surface area contributed by atoms with Gasteiger partial charge in [0.15, 0.2) is 6.10 Å². The molecule has 0 aliphatic carbocycles. The maximum absolute atomic E-state index is 13.2. The second-order valence-electron chi connectivity index (χ2n) is 7.91. The lowest BCUT2D eigenvalue weighted by Gasteiger charge is -2.14. The van der Waals surface area contributed by atoms with Gasteiger partial charge in [0.1, 0.15) is 5.75 Å². The Balaban J connectivity index is 1.34. The molecule has 5 aromatic rings. The molecule has 3 aromatic carbocycles. The normalized spacial score (nSPS) is 14.8. The van der Waals surface area contributed by atoms with Crippen LogP contribution in [0.1, 0.15) is 5.56 Å². The van der Waals surface area contributed by atoms with Crippen molar-refractivity contribution >= 4 is 33.3 Å². The summed E-state index contributed by atoms with van der Waals surface area (Å²) in [5, 5.41) is 6.17. The molecule has 1 N–H and O–H groups in total. The molecule has 0 spiro atoms. The van der Waals surface area contributed by atoms with Crippen molar-refractivity contribution in [3.05, 3.63) is 97.0 Å². The molecule has 6 rings (SSSR count). The lowest BCUT2D eigenvalue weighted by molar-refractivity contribution is -0.121. The molecule has 0 saturated carbocycles. The molecular formula is C27H19N3O2. The molecule has 5 nitrogen and oxygen atoms in total. The van der Waals surface area contributed by atoms with E-state index in [0.29, 0.717) is 12.1 Å². The predicted molar refractivity (Wildman–Crippen MR) is 126 cm³/mol. The Morgan fingerprint density at radius 1 is 0.875 bits per heavy atom. The Kier molecular flexibility index (Phi) is 4.32. The van der Waals surface area contributed by atoms with Gasteiger partial charge in [-0.15, -0.1) is 0 Å². The fourth-order valence-corrected chi connectivity index (χ4v) is 4.33. The summed E-state index contributed by atoms with van der Waals surface area (Å²) in [5.41, 5.74) is 4.49. The van der Waals surface area contributed by atoms with Gasteiger partial charge in [0.25, 0.3) is 5.91 Å². The van der Waals surface area contributed by atoms with Crippen molar-refractivity contribution < 1.29 is 9.53 Å². The van der Waals surface area contributed by atoms with Crippen LogP contribution in [0, 0.1) is 0 Å². The molecule has 0 fully saturated rings. The lowest BCUT2D eigenvalue weighted by Crippen LogP contribution is -2.31. The van der Waals surface area contributed by atoms with Crippen LogP contribution < -0.4 is 10.1 Å². The molecule has 5 heteroatoms. The SMILES string of the molecule is O=C(Nc1cc(-c2ccncc2)cc2cccnc12)C1Cc2ccc3ccccc3c2O1. The van der Waals surface area contributed by atoms with E-state index < -0.39 is 6.10 Å². The molecule has 0 radical (unpaired) electrons. The van der Waals surface area contributed by atoms with Gasteiger partial charge in [-0.25, -0.2) is 0 Å². The molecule has 3 heterocycles. The lowest BCUT2D eigenvalue weighted by atomic mass is 10.0. The van der Waals surface area contributed by atoms with Gasteiger partial charge in [0.05, 0.1) is 11.2 Å². The van der Waals surface area contributed by atoms with Crippen LogP contribution in [0.15, 0.2) is 91.4 Å². The molecule has 0 bridgehead atoms. The van der Waals surface area contributed by atoms with E-state index in [2.05, 4.69) is 33.5 Å². The number of hydrogen-bond acceptors (Lipinski definition) is 4. The molecule has 1 atom stereocenters. The highest BCUT2D eigenvalue weighted by Gasteiger charge is 2.30. The minimum absolute atomic E-state index is 0.177. The number of aromatic nitrogens is 2. The number of nitrogens with zero attached hydrogens (tertiary/aromatic N) is 2. The van der Waals surface area contributed by atoms with Crippen LogP contribution in [0.4, 0.5) is 5.69 Å². The first kappa shape index (κ1) is 18.5. The first-order valence-electron chi connectivity index (χ1n) is 10.5. The maximum Gasteiger partial charge on any atom is 0.265 e. The highest BCUT2D eigenvalue weighted by molar-refractivity contribution is 6.04. The van der Waals surface area contributed by atoms with Crippen LogP contribution in [0.5, 0.6) is 5.75 Å². The molecule has 32 heavy (non-hydrogen) atoms. The predicted octanol–water partition coefficient (Wildman–Crippen LogP) is 5.39. The molecular weight excluding hydrogens is 398 g/mol. The first-order chi connectivity index (χ1) is 15.8. The number of benzene rings is 3. The average molecular weight is 417 g/mol. The van der Waals surface area contributed by atoms with Gasteiger partial charge in [-0.2, -0.15) is 0 Å². The van der Waals surface area contributed by atoms with Crippen molar-refractivity contribution in [2.45, 2.75) is 12.5 Å². The van der Waals surface area contributed by atoms with Crippen molar-refractivity contribution in [1.82, 2.24) is 9.97 Å². The number of rotatable bonds is 3. The molecule has 1 aliphatic heterocycles. The van der Waals surface area contributed by atoms with Gasteiger partial charge < -0.3 is 10.1 Å². The largest absolute Gasteiger partial charge is 0.479 e. The Morgan fingerprint density at radius 2 is 1.72 bits per heavy atom. The standard InChI is InChI=1S/C27H19N3O2/c31-27(24-16-20-8-7-18-4-1-2-6-22(18)26(20)32-24)30-23-15-21(17-9-12-28-13-10-17)14-19-5-3-11-29-25(19)23/h1-15,24H,16H2,(H,30,31). The topological polar surface area (TPSA) is 64.1 Å². The van der Waals surface area contributed by atoms with Crippen LogP contribution >= 0.6 is 0 Å². The van der Waals surface area contributed by atoms with Crippen molar-refractivity contribution in [3.63, 3.8) is 0 Å². The van der Waals surface area contributed by atoms with Gasteiger partial charge >= 0.3 is 0 Å². The third kappa shape index (κ3) is 3.15. The van der Waals surface area contributed by atoms with E-state index in [1.54, 1.807) is 18.6 Å². The summed E-state index contributed by atoms with van der Waals surface area (Å²) >= 11 is 0. The highest BCUT2D eigenvalue weighted by Crippen LogP contribution is 2.37. The van der Waals surface area contributed by atoms with Gasteiger partial charge in [-0.1, -0.05) is 42.5 Å². The van der Waals surface area contributed by atoms with Gasteiger partial charge in [-0.05, 0) is 52.4 Å². The van der Waals surface area contributed by atoms with Crippen LogP contribution in [0.3, 0.4) is 0 Å². The summed E-state index contributed by atoms with van der Waals surface area (Å²) in [6.45, 7) is 0. The van der Waals surface area contributed by atoms with Crippen molar-refractivity contribution in [2.24, 2.45) is 0 Å². The van der Waals surface area contributed by atoms with E-state index in [0.717, 1.165) is 44.1 Å². The summed E-state index contributed by atoms with van der Waals surface area (Å²) in [4.78, 5) is 21.8. The van der Waals surface area contributed by atoms with E-state index in [4.69, 9.17) is 4.74 Å². The number of anilines is 1. The fourth-order valence-electron chi connectivity index (χ4n) is 4.33. The number of ether oxygens (including phenoxy) is 1. The van der Waals surface area contributed by atoms with Crippen molar-refractivity contribution in [2.75, 3.05) is 5.32 Å². The monoisotopic (exact) mass is 417 g/mol. The van der Waals surface area contributed by atoms with E-state index in [1.165, 1.54) is 0 Å². The second-order valence-corrected chi connectivity index (χ2v) is 7.91. The third-order valence-electron chi connectivity index (χ3n) is 5.90. The third-order valence-corrected chi connectivity index (χ3v) is 5.90. The summed E-state index contributed by atoms with van der Waals surface area (Å²) in [7, 11) is 0. The van der Waals surface area contributed by atoms with Crippen molar-refractivity contribution in [1.29, 1.82) is 0 Å². The molecule has 1 aliphatic rings. The Morgan fingerprint density at radius 3 is 2.62 bits per heavy atom. The Hall–Kier alpha value is -4.25. The summed E-state index contributed by atoms with van der Waals surface area (Å²) in [6.07, 6.45) is 5.21. The number of amides is 1. The second kappa shape index (κ2) is 7.46. The van der Waals surface area contributed by atoms with E-state index >= 15 is 0 Å². The summed E-state index contributed by atoms with van der Waals surface area (Å²) < 4.78 is 6.14. The van der Waals surface area contributed by atoms with Gasteiger partial charge in [0.2, 0.25) is 0 Å². The van der Waals surface area contributed by atoms with Crippen LogP contribution in [0.25, 0.3) is 32.8 Å². The number of carbonyl (C=O) groups is 1. The number of nitrogens with one attached hydrogen (secondary N) is 1. The summed E-state index contributed by atoms with van der Waals surface area (Å²) in [6, 6.07) is 24.0. The Bertz CT molecular complexity index is 1480. The van der Waals surface area contributed by atoms with Gasteiger partial charge in [-0.3, -0.25) is 14.8 Å². The number of pyridine rings is 2. The zero-order chi connectivity index (χ0) is 21.5. The fraction of sp³-hybridized carbons (Fsp3) is 0.0741. The number of fused-ring (bicyclic) bond motifs is 4. The zero-order valence-corrected chi connectivity index (χ0v) is 17.2. The van der Waals surface area contributed by atoms with Gasteiger partial charge in [0, 0.05) is 35.8 Å². The van der Waals surface area contributed by atoms with Crippen LogP contribution in [-0.4, -0.2) is 22.0 Å². The minimum Gasteiger partial charge on any atom is -0.479 e. The van der Waals surface area contributed by atoms with Crippen molar-refractivity contribution in [3.8, 4) is 16.9 Å². The number of hydrogen-bond donors (Lipinski definition) is 1. The molecule has 1 amide bonds. The maximum atomic E-state index is 13.2. The minimum atomic E-state index is -0.584. The summed E-state index contributed by atoms with van der Waals surface area (Å²) in [5.74, 6) is 0.626. The molecule has 0 saturated heterocycles. The quantitative estimate of drug-likeness (QED) is 0.427. The smallest absolute Gasteiger partial charge is 0.265 e. The van der Waals surface area contributed by atoms with E-state index in [-0.39, 0.29) is 5.91 Å². The number of carbonyl (C=O) groups excluding carboxylic acids is 1. The molecule has 154 valence electrons. The first-order valence-corrected chi connectivity index (χ1v) is 10.5. The molecule has 2 aromatic heterocycles. The van der Waals surface area contributed by atoms with Crippen LogP contribution in [-0.2, 0) is 11.2 Å².